The molecular formula is C13H11NO2. The van der Waals surface area contributed by atoms with Gasteiger partial charge in [-0.2, -0.15) is 0 Å². The molecule has 0 aliphatic heterocycles. The number of hydrogen-bond donors (Lipinski definition) is 0. The van der Waals surface area contributed by atoms with Crippen LogP contribution in [0.25, 0.3) is 21.9 Å². The summed E-state index contributed by atoms with van der Waals surface area (Å²) in [5.41, 5.74) is 2.29. The van der Waals surface area contributed by atoms with E-state index < -0.39 is 0 Å². The van der Waals surface area contributed by atoms with Crippen LogP contribution < -0.4 is 5.63 Å². The summed E-state index contributed by atoms with van der Waals surface area (Å²) in [5.74, 6) is 0. The SMILES string of the molecule is Cc1cn(C)c2c1c(=O)oc1ccccc12. The van der Waals surface area contributed by atoms with E-state index in [1.165, 1.54) is 0 Å². The molecule has 3 heteroatoms. The van der Waals surface area contributed by atoms with Gasteiger partial charge < -0.3 is 8.98 Å². The molecule has 0 fully saturated rings. The van der Waals surface area contributed by atoms with Gasteiger partial charge in [0, 0.05) is 18.6 Å². The predicted octanol–water partition coefficient (Wildman–Crippen LogP) is 2.59. The van der Waals surface area contributed by atoms with Crippen LogP contribution in [0.1, 0.15) is 5.56 Å². The van der Waals surface area contributed by atoms with E-state index in [2.05, 4.69) is 0 Å². The van der Waals surface area contributed by atoms with Gasteiger partial charge in [-0.3, -0.25) is 0 Å². The van der Waals surface area contributed by atoms with Gasteiger partial charge in [-0.1, -0.05) is 12.1 Å². The lowest BCUT2D eigenvalue weighted by molar-refractivity contribution is 0.569. The van der Waals surface area contributed by atoms with Crippen LogP contribution in [0.3, 0.4) is 0 Å². The third kappa shape index (κ3) is 1.05. The molecule has 2 aromatic heterocycles. The Morgan fingerprint density at radius 1 is 1.25 bits per heavy atom. The van der Waals surface area contributed by atoms with E-state index in [1.54, 1.807) is 0 Å². The lowest BCUT2D eigenvalue weighted by atomic mass is 10.1. The van der Waals surface area contributed by atoms with Gasteiger partial charge in [-0.05, 0) is 24.6 Å². The van der Waals surface area contributed by atoms with Gasteiger partial charge >= 0.3 is 5.63 Å². The quantitative estimate of drug-likeness (QED) is 0.538. The monoisotopic (exact) mass is 213 g/mol. The van der Waals surface area contributed by atoms with Gasteiger partial charge in [-0.15, -0.1) is 0 Å². The molecule has 0 amide bonds. The van der Waals surface area contributed by atoms with Crippen molar-refractivity contribution in [3.05, 3.63) is 46.4 Å². The zero-order valence-electron chi connectivity index (χ0n) is 9.15. The van der Waals surface area contributed by atoms with E-state index in [0.29, 0.717) is 11.0 Å². The maximum atomic E-state index is 11.8. The third-order valence-corrected chi connectivity index (χ3v) is 2.92. The summed E-state index contributed by atoms with van der Waals surface area (Å²) >= 11 is 0. The standard InChI is InChI=1S/C13H11NO2/c1-8-7-14(2)12-9-5-3-4-6-10(9)16-13(15)11(8)12/h3-7H,1-2H3. The predicted molar refractivity (Wildman–Crippen MR) is 63.7 cm³/mol. The number of aromatic nitrogens is 1. The fraction of sp³-hybridized carbons (Fsp3) is 0.154. The molecule has 0 saturated carbocycles. The molecular weight excluding hydrogens is 202 g/mol. The summed E-state index contributed by atoms with van der Waals surface area (Å²) in [5, 5.41) is 1.66. The molecule has 0 aliphatic carbocycles. The van der Waals surface area contributed by atoms with Crippen LogP contribution in [0.5, 0.6) is 0 Å². The third-order valence-electron chi connectivity index (χ3n) is 2.92. The van der Waals surface area contributed by atoms with Crippen LogP contribution >= 0.6 is 0 Å². The van der Waals surface area contributed by atoms with Crippen molar-refractivity contribution in [2.75, 3.05) is 0 Å². The molecule has 0 atom stereocenters. The lowest BCUT2D eigenvalue weighted by Crippen LogP contribution is -2.00. The molecule has 80 valence electrons. The molecule has 0 bridgehead atoms. The van der Waals surface area contributed by atoms with Crippen LogP contribution in [0, 0.1) is 6.92 Å². The van der Waals surface area contributed by atoms with Crippen molar-refractivity contribution >= 4 is 21.9 Å². The van der Waals surface area contributed by atoms with E-state index in [-0.39, 0.29) is 5.63 Å². The first-order valence-electron chi connectivity index (χ1n) is 5.16. The highest BCUT2D eigenvalue weighted by Crippen LogP contribution is 2.25. The normalized spacial score (nSPS) is 11.4. The Hall–Kier alpha value is -2.03. The smallest absolute Gasteiger partial charge is 0.346 e. The number of aryl methyl sites for hydroxylation is 2. The summed E-state index contributed by atoms with van der Waals surface area (Å²) < 4.78 is 7.28. The molecule has 0 radical (unpaired) electrons. The summed E-state index contributed by atoms with van der Waals surface area (Å²) in [7, 11) is 1.95. The highest BCUT2D eigenvalue weighted by molar-refractivity contribution is 6.03. The van der Waals surface area contributed by atoms with E-state index in [4.69, 9.17) is 4.42 Å². The average molecular weight is 213 g/mol. The van der Waals surface area contributed by atoms with E-state index in [0.717, 1.165) is 16.5 Å². The summed E-state index contributed by atoms with van der Waals surface area (Å²) in [6.45, 7) is 1.92. The van der Waals surface area contributed by atoms with Crippen LogP contribution in [0.4, 0.5) is 0 Å². The molecule has 3 rings (SSSR count). The van der Waals surface area contributed by atoms with Crippen LogP contribution in [-0.4, -0.2) is 4.57 Å². The van der Waals surface area contributed by atoms with Gasteiger partial charge in [-0.25, -0.2) is 4.79 Å². The zero-order chi connectivity index (χ0) is 11.3. The molecule has 1 aromatic carbocycles. The fourth-order valence-electron chi connectivity index (χ4n) is 2.27. The van der Waals surface area contributed by atoms with Crippen LogP contribution in [-0.2, 0) is 7.05 Å². The lowest BCUT2D eigenvalue weighted by Gasteiger charge is -2.00. The molecule has 0 aliphatic rings. The van der Waals surface area contributed by atoms with Crippen molar-refractivity contribution in [1.82, 2.24) is 4.57 Å². The Balaban J connectivity index is 2.74. The summed E-state index contributed by atoms with van der Waals surface area (Å²) in [6.07, 6.45) is 1.95. The minimum atomic E-state index is -0.258. The first kappa shape index (κ1) is 9.21. The van der Waals surface area contributed by atoms with Gasteiger partial charge in [0.1, 0.15) is 5.58 Å². The fourth-order valence-corrected chi connectivity index (χ4v) is 2.27. The second-order valence-corrected chi connectivity index (χ2v) is 4.03. The zero-order valence-corrected chi connectivity index (χ0v) is 9.15. The molecule has 0 unspecified atom stereocenters. The van der Waals surface area contributed by atoms with Gasteiger partial charge in [0.15, 0.2) is 0 Å². The largest absolute Gasteiger partial charge is 0.422 e. The Morgan fingerprint density at radius 2 is 2.00 bits per heavy atom. The second-order valence-electron chi connectivity index (χ2n) is 4.03. The minimum Gasteiger partial charge on any atom is -0.422 e. The van der Waals surface area contributed by atoms with Gasteiger partial charge in [0.25, 0.3) is 0 Å². The molecule has 2 heterocycles. The van der Waals surface area contributed by atoms with Crippen LogP contribution in [0.15, 0.2) is 39.7 Å². The molecule has 3 nitrogen and oxygen atoms in total. The molecule has 0 spiro atoms. The van der Waals surface area contributed by atoms with Crippen molar-refractivity contribution in [2.24, 2.45) is 7.05 Å². The molecule has 3 aromatic rings. The number of nitrogens with zero attached hydrogens (tertiary/aromatic N) is 1. The number of rotatable bonds is 0. The summed E-state index contributed by atoms with van der Waals surface area (Å²) in [4.78, 5) is 11.8. The summed E-state index contributed by atoms with van der Waals surface area (Å²) in [6, 6.07) is 7.61. The highest BCUT2D eigenvalue weighted by atomic mass is 16.4. The van der Waals surface area contributed by atoms with Crippen molar-refractivity contribution in [3.8, 4) is 0 Å². The molecule has 0 N–H and O–H groups in total. The maximum Gasteiger partial charge on any atom is 0.346 e. The van der Waals surface area contributed by atoms with Crippen molar-refractivity contribution in [3.63, 3.8) is 0 Å². The Morgan fingerprint density at radius 3 is 2.81 bits per heavy atom. The average Bonchev–Trinajstić information content (AvgIpc) is 2.55. The number of hydrogen-bond acceptors (Lipinski definition) is 2. The van der Waals surface area contributed by atoms with Gasteiger partial charge in [0.05, 0.1) is 10.9 Å². The number of fused-ring (bicyclic) bond motifs is 3. The first-order valence-corrected chi connectivity index (χ1v) is 5.16. The number of benzene rings is 1. The second kappa shape index (κ2) is 2.98. The van der Waals surface area contributed by atoms with Crippen LogP contribution in [0.2, 0.25) is 0 Å². The Labute approximate surface area is 91.9 Å². The molecule has 0 saturated heterocycles. The van der Waals surface area contributed by atoms with E-state index >= 15 is 0 Å². The minimum absolute atomic E-state index is 0.258. The van der Waals surface area contributed by atoms with Gasteiger partial charge in [0.2, 0.25) is 0 Å². The maximum absolute atomic E-state index is 11.8. The van der Waals surface area contributed by atoms with Crippen molar-refractivity contribution < 1.29 is 4.42 Å². The topological polar surface area (TPSA) is 35.1 Å². The van der Waals surface area contributed by atoms with Crippen molar-refractivity contribution in [1.29, 1.82) is 0 Å². The molecule has 16 heavy (non-hydrogen) atoms. The van der Waals surface area contributed by atoms with Crippen molar-refractivity contribution in [2.45, 2.75) is 6.92 Å². The van der Waals surface area contributed by atoms with E-state index in [9.17, 15) is 4.79 Å². The Bertz CT molecular complexity index is 750. The first-order chi connectivity index (χ1) is 7.68. The number of para-hydroxylation sites is 1. The Kier molecular flexibility index (Phi) is 1.72. The van der Waals surface area contributed by atoms with E-state index in [1.807, 2.05) is 49.0 Å². The highest BCUT2D eigenvalue weighted by Gasteiger charge is 2.12.